The number of amides is 3. The molecular weight excluding hydrogens is 222 g/mol. The lowest BCUT2D eigenvalue weighted by Crippen LogP contribution is -2.44. The number of nitrogens with two attached hydrogens (primary N) is 1. The number of nitrogens with one attached hydrogen (secondary N) is 2. The first-order valence-electron chi connectivity index (χ1n) is 5.10. The van der Waals surface area contributed by atoms with Crippen molar-refractivity contribution in [1.29, 1.82) is 0 Å². The Bertz CT molecular complexity index is 420. The molecule has 0 spiro atoms. The minimum absolute atomic E-state index is 0.173. The zero-order valence-electron chi connectivity index (χ0n) is 9.43. The molecule has 1 aromatic rings. The molecule has 0 saturated heterocycles. The molecule has 92 valence electrons. The summed E-state index contributed by atoms with van der Waals surface area (Å²) in [6, 6.07) is 5.36. The maximum Gasteiger partial charge on any atom is 0.312 e. The first-order chi connectivity index (χ1) is 8.04. The van der Waals surface area contributed by atoms with E-state index in [-0.39, 0.29) is 6.61 Å². The molecule has 0 aliphatic carbocycles. The van der Waals surface area contributed by atoms with Crippen LogP contribution in [-0.2, 0) is 11.4 Å². The van der Waals surface area contributed by atoms with E-state index in [1.807, 2.05) is 0 Å². The van der Waals surface area contributed by atoms with E-state index in [4.69, 9.17) is 10.8 Å². The normalized spacial score (nSPS) is 11.6. The van der Waals surface area contributed by atoms with Crippen LogP contribution in [0.3, 0.4) is 0 Å². The number of hydrogen-bond donors (Lipinski definition) is 4. The quantitative estimate of drug-likeness (QED) is 0.600. The van der Waals surface area contributed by atoms with Gasteiger partial charge in [-0.1, -0.05) is 18.2 Å². The van der Waals surface area contributed by atoms with Gasteiger partial charge in [-0.3, -0.25) is 4.79 Å². The molecule has 0 heterocycles. The summed E-state index contributed by atoms with van der Waals surface area (Å²) >= 11 is 0. The molecule has 1 unspecified atom stereocenters. The zero-order chi connectivity index (χ0) is 12.8. The van der Waals surface area contributed by atoms with Gasteiger partial charge in [0.15, 0.2) is 0 Å². The highest BCUT2D eigenvalue weighted by Gasteiger charge is 2.14. The fourth-order valence-corrected chi connectivity index (χ4v) is 1.30. The van der Waals surface area contributed by atoms with Crippen molar-refractivity contribution in [2.75, 3.05) is 5.32 Å². The number of carbonyl (C=O) groups excluding carboxylic acids is 2. The molecule has 0 aliphatic heterocycles. The molecule has 0 radical (unpaired) electrons. The Morgan fingerprint density at radius 2 is 2.06 bits per heavy atom. The van der Waals surface area contributed by atoms with Gasteiger partial charge >= 0.3 is 6.03 Å². The van der Waals surface area contributed by atoms with Gasteiger partial charge in [0, 0.05) is 11.3 Å². The average Bonchev–Trinajstić information content (AvgIpc) is 2.28. The van der Waals surface area contributed by atoms with E-state index < -0.39 is 18.0 Å². The second kappa shape index (κ2) is 5.86. The Morgan fingerprint density at radius 3 is 2.65 bits per heavy atom. The number of aliphatic hydroxyl groups excluding tert-OH is 1. The Labute approximate surface area is 98.8 Å². The minimum atomic E-state index is -0.761. The van der Waals surface area contributed by atoms with E-state index in [0.29, 0.717) is 11.3 Å². The number of para-hydroxylation sites is 1. The number of carbonyl (C=O) groups is 2. The van der Waals surface area contributed by atoms with Crippen LogP contribution in [0.5, 0.6) is 0 Å². The second-order valence-electron chi connectivity index (χ2n) is 3.53. The standard InChI is InChI=1S/C11H15N3O3/c1-7(13-11(12)17)10(16)14-9-5-3-2-4-8(9)6-15/h2-5,7,15H,6H2,1H3,(H,14,16)(H3,12,13,17). The number of urea groups is 1. The molecule has 0 aliphatic rings. The Kier molecular flexibility index (Phi) is 4.47. The van der Waals surface area contributed by atoms with Crippen molar-refractivity contribution < 1.29 is 14.7 Å². The summed E-state index contributed by atoms with van der Waals surface area (Å²) in [5, 5.41) is 13.9. The largest absolute Gasteiger partial charge is 0.392 e. The summed E-state index contributed by atoms with van der Waals surface area (Å²) in [6.45, 7) is 1.34. The molecule has 0 bridgehead atoms. The summed E-state index contributed by atoms with van der Waals surface area (Å²) in [7, 11) is 0. The van der Waals surface area contributed by atoms with Crippen molar-refractivity contribution in [1.82, 2.24) is 5.32 Å². The Balaban J connectivity index is 2.70. The third kappa shape index (κ3) is 3.76. The van der Waals surface area contributed by atoms with Gasteiger partial charge in [-0.05, 0) is 13.0 Å². The van der Waals surface area contributed by atoms with Crippen LogP contribution in [0.15, 0.2) is 24.3 Å². The number of hydrogen-bond acceptors (Lipinski definition) is 3. The fraction of sp³-hybridized carbons (Fsp3) is 0.273. The van der Waals surface area contributed by atoms with Crippen LogP contribution < -0.4 is 16.4 Å². The summed E-state index contributed by atoms with van der Waals surface area (Å²) in [6.07, 6.45) is 0. The third-order valence-corrected chi connectivity index (χ3v) is 2.20. The molecule has 1 rings (SSSR count). The van der Waals surface area contributed by atoms with Gasteiger partial charge in [0.25, 0.3) is 0 Å². The van der Waals surface area contributed by atoms with E-state index in [0.717, 1.165) is 0 Å². The smallest absolute Gasteiger partial charge is 0.312 e. The molecular formula is C11H15N3O3. The van der Waals surface area contributed by atoms with Crippen molar-refractivity contribution in [3.05, 3.63) is 29.8 Å². The van der Waals surface area contributed by atoms with Crippen molar-refractivity contribution in [2.24, 2.45) is 5.73 Å². The predicted octanol–water partition coefficient (Wildman–Crippen LogP) is 0.174. The van der Waals surface area contributed by atoms with Gasteiger partial charge in [0.1, 0.15) is 6.04 Å². The lowest BCUT2D eigenvalue weighted by atomic mass is 10.2. The number of aliphatic hydroxyl groups is 1. The van der Waals surface area contributed by atoms with Gasteiger partial charge in [-0.25, -0.2) is 4.79 Å². The number of rotatable bonds is 4. The molecule has 0 aromatic heterocycles. The van der Waals surface area contributed by atoms with E-state index in [1.54, 1.807) is 24.3 Å². The van der Waals surface area contributed by atoms with Crippen LogP contribution in [0.4, 0.5) is 10.5 Å². The first kappa shape index (κ1) is 13.0. The van der Waals surface area contributed by atoms with Crippen LogP contribution in [0, 0.1) is 0 Å². The van der Waals surface area contributed by atoms with Crippen molar-refractivity contribution in [3.8, 4) is 0 Å². The van der Waals surface area contributed by atoms with Gasteiger partial charge < -0.3 is 21.5 Å². The molecule has 6 nitrogen and oxygen atoms in total. The van der Waals surface area contributed by atoms with Crippen LogP contribution >= 0.6 is 0 Å². The number of anilines is 1. The van der Waals surface area contributed by atoms with Gasteiger partial charge in [0.05, 0.1) is 6.61 Å². The van der Waals surface area contributed by atoms with Gasteiger partial charge in [-0.2, -0.15) is 0 Å². The third-order valence-electron chi connectivity index (χ3n) is 2.20. The van der Waals surface area contributed by atoms with E-state index >= 15 is 0 Å². The molecule has 6 heteroatoms. The number of primary amides is 1. The summed E-state index contributed by atoms with van der Waals surface area (Å²) < 4.78 is 0. The molecule has 1 aromatic carbocycles. The van der Waals surface area contributed by atoms with Crippen LogP contribution in [0.25, 0.3) is 0 Å². The summed E-state index contributed by atoms with van der Waals surface area (Å²) in [5.41, 5.74) is 6.03. The van der Waals surface area contributed by atoms with Crippen molar-refractivity contribution >= 4 is 17.6 Å². The maximum absolute atomic E-state index is 11.7. The summed E-state index contributed by atoms with van der Waals surface area (Å²) in [4.78, 5) is 22.2. The molecule has 0 saturated carbocycles. The highest BCUT2D eigenvalue weighted by Crippen LogP contribution is 2.14. The highest BCUT2D eigenvalue weighted by molar-refractivity contribution is 5.97. The lowest BCUT2D eigenvalue weighted by molar-refractivity contribution is -0.117. The van der Waals surface area contributed by atoms with Gasteiger partial charge in [-0.15, -0.1) is 0 Å². The zero-order valence-corrected chi connectivity index (χ0v) is 9.43. The monoisotopic (exact) mass is 237 g/mol. The van der Waals surface area contributed by atoms with Crippen LogP contribution in [-0.4, -0.2) is 23.1 Å². The molecule has 1 atom stereocenters. The predicted molar refractivity (Wildman–Crippen MR) is 63.2 cm³/mol. The Morgan fingerprint density at radius 1 is 1.41 bits per heavy atom. The minimum Gasteiger partial charge on any atom is -0.392 e. The Hall–Kier alpha value is -2.08. The number of benzene rings is 1. The molecule has 17 heavy (non-hydrogen) atoms. The molecule has 3 amide bonds. The fourth-order valence-electron chi connectivity index (χ4n) is 1.30. The molecule has 0 fully saturated rings. The molecule has 5 N–H and O–H groups in total. The van der Waals surface area contributed by atoms with Gasteiger partial charge in [0.2, 0.25) is 5.91 Å². The lowest BCUT2D eigenvalue weighted by Gasteiger charge is -2.14. The van der Waals surface area contributed by atoms with Crippen molar-refractivity contribution in [3.63, 3.8) is 0 Å². The topological polar surface area (TPSA) is 104 Å². The SMILES string of the molecule is CC(NC(N)=O)C(=O)Nc1ccccc1CO. The van der Waals surface area contributed by atoms with Crippen LogP contribution in [0.2, 0.25) is 0 Å². The maximum atomic E-state index is 11.7. The average molecular weight is 237 g/mol. The second-order valence-corrected chi connectivity index (χ2v) is 3.53. The first-order valence-corrected chi connectivity index (χ1v) is 5.10. The van der Waals surface area contributed by atoms with E-state index in [9.17, 15) is 9.59 Å². The van der Waals surface area contributed by atoms with E-state index in [1.165, 1.54) is 6.92 Å². The summed E-state index contributed by atoms with van der Waals surface area (Å²) in [5.74, 6) is -0.398. The highest BCUT2D eigenvalue weighted by atomic mass is 16.3. The van der Waals surface area contributed by atoms with Crippen LogP contribution in [0.1, 0.15) is 12.5 Å². The van der Waals surface area contributed by atoms with E-state index in [2.05, 4.69) is 10.6 Å². The van der Waals surface area contributed by atoms with Crippen molar-refractivity contribution in [2.45, 2.75) is 19.6 Å².